The van der Waals surface area contributed by atoms with Gasteiger partial charge in [0.15, 0.2) is 11.0 Å². The topological polar surface area (TPSA) is 78.3 Å². The highest BCUT2D eigenvalue weighted by Crippen LogP contribution is 2.30. The van der Waals surface area contributed by atoms with Gasteiger partial charge in [0, 0.05) is 12.6 Å². The van der Waals surface area contributed by atoms with Crippen molar-refractivity contribution in [2.45, 2.75) is 25.0 Å². The van der Waals surface area contributed by atoms with Gasteiger partial charge >= 0.3 is 0 Å². The van der Waals surface area contributed by atoms with Gasteiger partial charge < -0.3 is 19.4 Å². The van der Waals surface area contributed by atoms with E-state index in [0.29, 0.717) is 17.2 Å². The number of nitrogens with one attached hydrogen (secondary N) is 1. The first-order chi connectivity index (χ1) is 13.7. The third-order valence-electron chi connectivity index (χ3n) is 3.92. The number of carbonyl (C=O) groups is 1. The van der Waals surface area contributed by atoms with Crippen LogP contribution in [-0.4, -0.2) is 40.6 Å². The van der Waals surface area contributed by atoms with E-state index in [-0.39, 0.29) is 11.7 Å². The van der Waals surface area contributed by atoms with Crippen LogP contribution in [0.4, 0.5) is 5.69 Å². The van der Waals surface area contributed by atoms with Gasteiger partial charge in [-0.1, -0.05) is 24.8 Å². The van der Waals surface area contributed by atoms with Gasteiger partial charge in [-0.3, -0.25) is 4.79 Å². The average molecular weight is 419 g/mol. The molecule has 1 aromatic carbocycles. The first-order valence-electron chi connectivity index (χ1n) is 8.78. The van der Waals surface area contributed by atoms with E-state index in [1.165, 1.54) is 11.8 Å². The molecule has 3 rings (SSSR count). The predicted molar refractivity (Wildman–Crippen MR) is 113 cm³/mol. The van der Waals surface area contributed by atoms with E-state index >= 15 is 0 Å². The first-order valence-corrected chi connectivity index (χ1v) is 10.6. The fourth-order valence-corrected chi connectivity index (χ4v) is 4.12. The Morgan fingerprint density at radius 1 is 1.25 bits per heavy atom. The summed E-state index contributed by atoms with van der Waals surface area (Å²) in [7, 11) is 3.14. The molecule has 3 aromatic rings. The van der Waals surface area contributed by atoms with Crippen LogP contribution < -0.4 is 14.8 Å². The van der Waals surface area contributed by atoms with Crippen molar-refractivity contribution in [1.29, 1.82) is 0 Å². The quantitative estimate of drug-likeness (QED) is 0.526. The molecule has 0 unspecified atom stereocenters. The SMILES string of the molecule is CCCn1c(SCC(=O)Nc2cc(OC)ccc2OC)nnc1-c1cccs1. The summed E-state index contributed by atoms with van der Waals surface area (Å²) in [6.45, 7) is 2.91. The molecule has 0 atom stereocenters. The molecule has 0 aliphatic heterocycles. The van der Waals surface area contributed by atoms with E-state index in [2.05, 4.69) is 27.0 Å². The summed E-state index contributed by atoms with van der Waals surface area (Å²) < 4.78 is 12.6. The molecular weight excluding hydrogens is 396 g/mol. The van der Waals surface area contributed by atoms with Crippen LogP contribution in [0.5, 0.6) is 11.5 Å². The first kappa shape index (κ1) is 20.2. The van der Waals surface area contributed by atoms with Crippen LogP contribution in [0, 0.1) is 0 Å². The summed E-state index contributed by atoms with van der Waals surface area (Å²) in [5.41, 5.74) is 0.571. The van der Waals surface area contributed by atoms with Crippen molar-refractivity contribution in [2.75, 3.05) is 25.3 Å². The van der Waals surface area contributed by atoms with E-state index in [1.807, 2.05) is 17.5 Å². The second kappa shape index (κ2) is 9.61. The Balaban J connectivity index is 1.70. The molecule has 2 heterocycles. The minimum Gasteiger partial charge on any atom is -0.497 e. The molecule has 7 nitrogen and oxygen atoms in total. The second-order valence-corrected chi connectivity index (χ2v) is 7.73. The number of aromatic nitrogens is 3. The lowest BCUT2D eigenvalue weighted by Crippen LogP contribution is -2.15. The van der Waals surface area contributed by atoms with Crippen LogP contribution >= 0.6 is 23.1 Å². The van der Waals surface area contributed by atoms with Crippen molar-refractivity contribution >= 4 is 34.7 Å². The smallest absolute Gasteiger partial charge is 0.234 e. The number of rotatable bonds is 9. The number of nitrogens with zero attached hydrogens (tertiary/aromatic N) is 3. The van der Waals surface area contributed by atoms with Crippen LogP contribution in [0.25, 0.3) is 10.7 Å². The van der Waals surface area contributed by atoms with Crippen molar-refractivity contribution < 1.29 is 14.3 Å². The van der Waals surface area contributed by atoms with Crippen molar-refractivity contribution in [2.24, 2.45) is 0 Å². The number of carbonyl (C=O) groups excluding carboxylic acids is 1. The zero-order valence-corrected chi connectivity index (χ0v) is 17.6. The zero-order chi connectivity index (χ0) is 19.9. The van der Waals surface area contributed by atoms with Gasteiger partial charge in [-0.05, 0) is 30.0 Å². The van der Waals surface area contributed by atoms with E-state index < -0.39 is 0 Å². The number of hydrogen-bond donors (Lipinski definition) is 1. The van der Waals surface area contributed by atoms with Gasteiger partial charge in [-0.15, -0.1) is 21.5 Å². The molecule has 0 saturated heterocycles. The lowest BCUT2D eigenvalue weighted by atomic mass is 10.2. The summed E-state index contributed by atoms with van der Waals surface area (Å²) >= 11 is 2.99. The van der Waals surface area contributed by atoms with Gasteiger partial charge in [-0.25, -0.2) is 0 Å². The largest absolute Gasteiger partial charge is 0.497 e. The number of amides is 1. The lowest BCUT2D eigenvalue weighted by molar-refractivity contribution is -0.113. The molecule has 9 heteroatoms. The zero-order valence-electron chi connectivity index (χ0n) is 16.0. The molecule has 1 N–H and O–H groups in total. The summed E-state index contributed by atoms with van der Waals surface area (Å²) in [6.07, 6.45) is 0.956. The summed E-state index contributed by atoms with van der Waals surface area (Å²) in [5.74, 6) is 2.13. The van der Waals surface area contributed by atoms with E-state index in [4.69, 9.17) is 9.47 Å². The number of ether oxygens (including phenoxy) is 2. The molecule has 28 heavy (non-hydrogen) atoms. The summed E-state index contributed by atoms with van der Waals surface area (Å²) in [5, 5.41) is 14.2. The van der Waals surface area contributed by atoms with E-state index in [0.717, 1.165) is 28.8 Å². The molecular formula is C19H22N4O3S2. The summed E-state index contributed by atoms with van der Waals surface area (Å²) in [6, 6.07) is 9.29. The molecule has 0 spiro atoms. The normalized spacial score (nSPS) is 10.7. The van der Waals surface area contributed by atoms with Crippen molar-refractivity contribution in [1.82, 2.24) is 14.8 Å². The van der Waals surface area contributed by atoms with Gasteiger partial charge in [0.2, 0.25) is 5.91 Å². The molecule has 0 radical (unpaired) electrons. The van der Waals surface area contributed by atoms with E-state index in [9.17, 15) is 4.79 Å². The Bertz CT molecular complexity index is 925. The third-order valence-corrected chi connectivity index (χ3v) is 5.75. The number of thioether (sulfide) groups is 1. The van der Waals surface area contributed by atoms with E-state index in [1.54, 1.807) is 43.8 Å². The maximum absolute atomic E-state index is 12.5. The average Bonchev–Trinajstić information content (AvgIpc) is 3.36. The van der Waals surface area contributed by atoms with Crippen LogP contribution in [0.1, 0.15) is 13.3 Å². The highest BCUT2D eigenvalue weighted by Gasteiger charge is 2.16. The minimum absolute atomic E-state index is 0.153. The predicted octanol–water partition coefficient (Wildman–Crippen LogP) is 4.16. The second-order valence-electron chi connectivity index (χ2n) is 5.84. The Hall–Kier alpha value is -2.52. The fraction of sp³-hybridized carbons (Fsp3) is 0.316. The van der Waals surface area contributed by atoms with Crippen LogP contribution in [-0.2, 0) is 11.3 Å². The van der Waals surface area contributed by atoms with Gasteiger partial charge in [0.05, 0.1) is 30.5 Å². The third kappa shape index (κ3) is 4.66. The fourth-order valence-electron chi connectivity index (χ4n) is 2.64. The van der Waals surface area contributed by atoms with Crippen molar-refractivity contribution in [3.8, 4) is 22.2 Å². The number of hydrogen-bond acceptors (Lipinski definition) is 7. The standard InChI is InChI=1S/C19H22N4O3S2/c1-4-9-23-18(16-6-5-10-27-16)21-22-19(23)28-12-17(24)20-14-11-13(25-2)7-8-15(14)26-3/h5-8,10-11H,4,9,12H2,1-3H3,(H,20,24). The van der Waals surface area contributed by atoms with Crippen molar-refractivity contribution in [3.63, 3.8) is 0 Å². The maximum atomic E-state index is 12.5. The molecule has 2 aromatic heterocycles. The monoisotopic (exact) mass is 418 g/mol. The van der Waals surface area contributed by atoms with Gasteiger partial charge in [0.1, 0.15) is 11.5 Å². The van der Waals surface area contributed by atoms with Crippen LogP contribution in [0.15, 0.2) is 40.9 Å². The minimum atomic E-state index is -0.153. The van der Waals surface area contributed by atoms with Crippen molar-refractivity contribution in [3.05, 3.63) is 35.7 Å². The Labute approximate surface area is 172 Å². The number of methoxy groups -OCH3 is 2. The molecule has 148 valence electrons. The van der Waals surface area contributed by atoms with Gasteiger partial charge in [-0.2, -0.15) is 0 Å². The highest BCUT2D eigenvalue weighted by atomic mass is 32.2. The number of thiophene rings is 1. The number of benzene rings is 1. The Morgan fingerprint density at radius 3 is 2.79 bits per heavy atom. The van der Waals surface area contributed by atoms with Crippen LogP contribution in [0.3, 0.4) is 0 Å². The highest BCUT2D eigenvalue weighted by molar-refractivity contribution is 7.99. The Kier molecular flexibility index (Phi) is 6.94. The molecule has 0 saturated carbocycles. The molecule has 0 bridgehead atoms. The van der Waals surface area contributed by atoms with Gasteiger partial charge in [0.25, 0.3) is 0 Å². The Morgan fingerprint density at radius 2 is 2.11 bits per heavy atom. The summed E-state index contributed by atoms with van der Waals surface area (Å²) in [4.78, 5) is 13.5. The number of anilines is 1. The molecule has 0 aliphatic rings. The molecule has 0 aliphatic carbocycles. The molecule has 0 fully saturated rings. The maximum Gasteiger partial charge on any atom is 0.234 e. The molecule has 1 amide bonds. The lowest BCUT2D eigenvalue weighted by Gasteiger charge is -2.12. The van der Waals surface area contributed by atoms with Crippen LogP contribution in [0.2, 0.25) is 0 Å².